The lowest BCUT2D eigenvalue weighted by atomic mass is 10.0. The van der Waals surface area contributed by atoms with Crippen LogP contribution in [-0.4, -0.2) is 73.4 Å². The van der Waals surface area contributed by atoms with Crippen LogP contribution < -0.4 is 5.32 Å². The van der Waals surface area contributed by atoms with E-state index in [1.165, 1.54) is 218 Å². The van der Waals surface area contributed by atoms with Gasteiger partial charge in [0.2, 0.25) is 5.91 Å². The maximum absolute atomic E-state index is 12.9. The number of aliphatic hydroxyl groups is 1. The molecule has 3 atom stereocenters. The fraction of sp³-hybridized carbons (Fsp3) is 0.883. The highest BCUT2D eigenvalue weighted by Gasteiger charge is 2.27. The number of carbonyl (C=O) groups is 1. The molecule has 0 aromatic rings. The molecule has 0 rings (SSSR count). The van der Waals surface area contributed by atoms with Gasteiger partial charge in [-0.1, -0.05) is 275 Å². The van der Waals surface area contributed by atoms with E-state index >= 15 is 0 Å². The Hall–Kier alpha value is -1.28. The molecule has 0 bridgehead atoms. The maximum Gasteiger partial charge on any atom is 0.472 e. The van der Waals surface area contributed by atoms with Crippen molar-refractivity contribution in [3.63, 3.8) is 0 Å². The van der Waals surface area contributed by atoms with Crippen LogP contribution in [-0.2, 0) is 18.4 Å². The summed E-state index contributed by atoms with van der Waals surface area (Å²) in [6.45, 7) is 4.78. The monoisotopic (exact) mass is 994 g/mol. The Kier molecular flexibility index (Phi) is 50.7. The van der Waals surface area contributed by atoms with Crippen LogP contribution in [0, 0.1) is 0 Å². The van der Waals surface area contributed by atoms with Gasteiger partial charge in [0.05, 0.1) is 39.9 Å². The van der Waals surface area contributed by atoms with Crippen molar-refractivity contribution < 1.29 is 32.9 Å². The summed E-state index contributed by atoms with van der Waals surface area (Å²) >= 11 is 0. The molecular formula is C60H118N2O6P+. The quantitative estimate of drug-likeness (QED) is 0.0243. The first-order chi connectivity index (χ1) is 33.5. The van der Waals surface area contributed by atoms with E-state index < -0.39 is 20.0 Å². The molecule has 0 saturated heterocycles. The molecule has 0 saturated carbocycles. The van der Waals surface area contributed by atoms with E-state index in [1.54, 1.807) is 6.08 Å². The molecule has 0 aliphatic heterocycles. The minimum Gasteiger partial charge on any atom is -0.387 e. The SMILES string of the molecule is CCCCC/C=C/CC/C=C/CC/C=C/C(O)C(COP(=O)(O)OCC[N+](C)(C)C)NC(=O)CCCCCCCCCCCCCCCCCCCCCCCCCCCCCCCCCCCC. The number of hydrogen-bond donors (Lipinski definition) is 3. The molecule has 1 amide bonds. The zero-order valence-corrected chi connectivity index (χ0v) is 47.5. The molecule has 0 aliphatic carbocycles. The Labute approximate surface area is 429 Å². The molecule has 0 spiro atoms. The van der Waals surface area contributed by atoms with Gasteiger partial charge in [-0.15, -0.1) is 0 Å². The average Bonchev–Trinajstić information content (AvgIpc) is 3.31. The van der Waals surface area contributed by atoms with Gasteiger partial charge in [-0.3, -0.25) is 13.8 Å². The molecule has 3 unspecified atom stereocenters. The van der Waals surface area contributed by atoms with E-state index in [4.69, 9.17) is 9.05 Å². The number of nitrogens with one attached hydrogen (secondary N) is 1. The van der Waals surface area contributed by atoms with E-state index in [1.807, 2.05) is 27.2 Å². The number of nitrogens with zero attached hydrogens (tertiary/aromatic N) is 1. The predicted octanol–water partition coefficient (Wildman–Crippen LogP) is 18.2. The number of phosphoric acid groups is 1. The number of likely N-dealkylation sites (N-methyl/N-ethyl adjacent to an activating group) is 1. The van der Waals surface area contributed by atoms with E-state index in [2.05, 4.69) is 43.5 Å². The van der Waals surface area contributed by atoms with Crippen molar-refractivity contribution in [3.8, 4) is 0 Å². The number of allylic oxidation sites excluding steroid dienone is 5. The van der Waals surface area contributed by atoms with E-state index in [0.29, 0.717) is 17.4 Å². The second kappa shape index (κ2) is 51.6. The normalized spacial score (nSPS) is 14.1. The Morgan fingerprint density at radius 2 is 0.797 bits per heavy atom. The standard InChI is InChI=1S/C60H117N2O6P/c1-6-8-10-12-14-16-18-20-21-22-23-24-25-26-27-28-29-30-31-32-33-34-35-36-37-38-39-40-42-44-46-48-50-52-54-60(64)61-58(57-68-69(65,66)67-56-55-62(3,4)5)59(63)53-51-49-47-45-43-41-19-17-15-13-11-9-7-2/h15,17,43,45,51,53,58-59,63H,6-14,16,18-42,44,46-50,52,54-57H2,1-5H3,(H-,61,64,65,66)/p+1/b17-15+,45-43+,53-51+. The van der Waals surface area contributed by atoms with Gasteiger partial charge in [0.15, 0.2) is 0 Å². The van der Waals surface area contributed by atoms with Gasteiger partial charge in [-0.2, -0.15) is 0 Å². The van der Waals surface area contributed by atoms with Crippen molar-refractivity contribution in [1.82, 2.24) is 5.32 Å². The van der Waals surface area contributed by atoms with Crippen molar-refractivity contribution in [3.05, 3.63) is 36.5 Å². The predicted molar refractivity (Wildman–Crippen MR) is 300 cm³/mol. The van der Waals surface area contributed by atoms with Crippen LogP contribution in [0.5, 0.6) is 0 Å². The number of hydrogen-bond acceptors (Lipinski definition) is 5. The van der Waals surface area contributed by atoms with Crippen molar-refractivity contribution in [2.24, 2.45) is 0 Å². The topological polar surface area (TPSA) is 105 Å². The third-order valence-electron chi connectivity index (χ3n) is 13.6. The smallest absolute Gasteiger partial charge is 0.387 e. The molecular weight excluding hydrogens is 876 g/mol. The average molecular weight is 995 g/mol. The second-order valence-corrected chi connectivity index (χ2v) is 23.2. The maximum atomic E-state index is 12.9. The fourth-order valence-corrected chi connectivity index (χ4v) is 9.64. The highest BCUT2D eigenvalue weighted by molar-refractivity contribution is 7.47. The lowest BCUT2D eigenvalue weighted by Gasteiger charge is -2.25. The first kappa shape index (κ1) is 67.7. The van der Waals surface area contributed by atoms with Gasteiger partial charge in [0.25, 0.3) is 0 Å². The first-order valence-electron chi connectivity index (χ1n) is 29.9. The Bertz CT molecular complexity index is 1220. The van der Waals surface area contributed by atoms with E-state index in [0.717, 1.165) is 51.4 Å². The van der Waals surface area contributed by atoms with Crippen molar-refractivity contribution >= 4 is 13.7 Å². The lowest BCUT2D eigenvalue weighted by molar-refractivity contribution is -0.870. The zero-order chi connectivity index (χ0) is 50.6. The number of phosphoric ester groups is 1. The number of carbonyl (C=O) groups excluding carboxylic acids is 1. The lowest BCUT2D eigenvalue weighted by Crippen LogP contribution is -2.45. The van der Waals surface area contributed by atoms with Crippen LogP contribution in [0.4, 0.5) is 0 Å². The number of rotatable bonds is 55. The number of quaternary nitrogens is 1. The molecule has 3 N–H and O–H groups in total. The fourth-order valence-electron chi connectivity index (χ4n) is 8.90. The Morgan fingerprint density at radius 3 is 1.16 bits per heavy atom. The van der Waals surface area contributed by atoms with E-state index in [9.17, 15) is 19.4 Å². The summed E-state index contributed by atoms with van der Waals surface area (Å²) in [6, 6.07) is -0.867. The van der Waals surface area contributed by atoms with Crippen LogP contribution in [0.15, 0.2) is 36.5 Å². The highest BCUT2D eigenvalue weighted by Crippen LogP contribution is 2.43. The zero-order valence-electron chi connectivity index (χ0n) is 46.6. The Morgan fingerprint density at radius 1 is 0.478 bits per heavy atom. The molecule has 8 nitrogen and oxygen atoms in total. The molecule has 69 heavy (non-hydrogen) atoms. The molecule has 0 heterocycles. The van der Waals surface area contributed by atoms with Crippen LogP contribution in [0.3, 0.4) is 0 Å². The summed E-state index contributed by atoms with van der Waals surface area (Å²) in [6.07, 6.45) is 67.1. The van der Waals surface area contributed by atoms with Crippen molar-refractivity contribution in [2.45, 2.75) is 302 Å². The van der Waals surface area contributed by atoms with Crippen LogP contribution in [0.25, 0.3) is 0 Å². The minimum atomic E-state index is -4.35. The van der Waals surface area contributed by atoms with Crippen LogP contribution in [0.2, 0.25) is 0 Å². The number of amides is 1. The van der Waals surface area contributed by atoms with Gasteiger partial charge in [-0.05, 0) is 44.9 Å². The van der Waals surface area contributed by atoms with Crippen molar-refractivity contribution in [1.29, 1.82) is 0 Å². The number of unbranched alkanes of at least 4 members (excludes halogenated alkanes) is 38. The summed E-state index contributed by atoms with van der Waals surface area (Å²) in [4.78, 5) is 23.2. The van der Waals surface area contributed by atoms with Crippen LogP contribution >= 0.6 is 7.82 Å². The summed E-state index contributed by atoms with van der Waals surface area (Å²) in [7, 11) is 1.55. The van der Waals surface area contributed by atoms with Gasteiger partial charge in [0.1, 0.15) is 13.2 Å². The summed E-state index contributed by atoms with van der Waals surface area (Å²) in [5.41, 5.74) is 0. The third kappa shape index (κ3) is 54.3. The molecule has 9 heteroatoms. The molecule has 0 aromatic heterocycles. The summed E-state index contributed by atoms with van der Waals surface area (Å²) in [5.74, 6) is -0.187. The van der Waals surface area contributed by atoms with Gasteiger partial charge in [0, 0.05) is 6.42 Å². The largest absolute Gasteiger partial charge is 0.472 e. The molecule has 0 fully saturated rings. The molecule has 0 aliphatic rings. The van der Waals surface area contributed by atoms with Crippen LogP contribution in [0.1, 0.15) is 290 Å². The first-order valence-corrected chi connectivity index (χ1v) is 31.4. The highest BCUT2D eigenvalue weighted by atomic mass is 31.2. The minimum absolute atomic E-state index is 0.0548. The summed E-state index contributed by atoms with van der Waals surface area (Å²) in [5, 5.41) is 13.9. The van der Waals surface area contributed by atoms with E-state index in [-0.39, 0.29) is 19.1 Å². The van der Waals surface area contributed by atoms with Gasteiger partial charge >= 0.3 is 7.82 Å². The number of aliphatic hydroxyl groups excluding tert-OH is 1. The summed E-state index contributed by atoms with van der Waals surface area (Å²) < 4.78 is 23.6. The Balaban J connectivity index is 3.96. The molecule has 0 radical (unpaired) electrons. The van der Waals surface area contributed by atoms with Gasteiger partial charge in [-0.25, -0.2) is 4.57 Å². The van der Waals surface area contributed by atoms with Gasteiger partial charge < -0.3 is 19.8 Å². The van der Waals surface area contributed by atoms with Crippen molar-refractivity contribution in [2.75, 3.05) is 40.9 Å². The third-order valence-corrected chi connectivity index (χ3v) is 14.6. The molecule has 0 aromatic carbocycles. The second-order valence-electron chi connectivity index (χ2n) is 21.7. The molecule has 408 valence electrons.